The van der Waals surface area contributed by atoms with Crippen molar-refractivity contribution in [2.24, 2.45) is 0 Å². The molecule has 0 amide bonds. The Balaban J connectivity index is 2.21. The van der Waals surface area contributed by atoms with Gasteiger partial charge in [-0.15, -0.1) is 0 Å². The smallest absolute Gasteiger partial charge is 0.129 e. The summed E-state index contributed by atoms with van der Waals surface area (Å²) in [5.41, 5.74) is 6.63. The molecule has 0 aliphatic rings. The number of aliphatic hydroxyl groups excluding tert-OH is 1. The van der Waals surface area contributed by atoms with Crippen LogP contribution in [0.15, 0.2) is 41.0 Å². The largest absolute Gasteiger partial charge is 0.388 e. The van der Waals surface area contributed by atoms with Gasteiger partial charge in [0, 0.05) is 22.7 Å². The fourth-order valence-electron chi connectivity index (χ4n) is 1.72. The van der Waals surface area contributed by atoms with Crippen LogP contribution in [0.3, 0.4) is 0 Å². The average Bonchev–Trinajstić information content (AvgIpc) is 2.32. The molecule has 0 aliphatic carbocycles. The molecule has 0 fully saturated rings. The highest BCUT2D eigenvalue weighted by Gasteiger charge is 2.14. The minimum Gasteiger partial charge on any atom is -0.388 e. The van der Waals surface area contributed by atoms with Crippen LogP contribution in [0.25, 0.3) is 0 Å². The van der Waals surface area contributed by atoms with Crippen LogP contribution >= 0.6 is 15.9 Å². The molecular formula is C13H12BrFN2O. The van der Waals surface area contributed by atoms with Crippen LogP contribution in [-0.4, -0.2) is 10.1 Å². The highest BCUT2D eigenvalue weighted by Crippen LogP contribution is 2.24. The SMILES string of the molecule is Nc1cc(CC(O)c2cc(Br)ccc2F)ccn1. The number of nitrogens with two attached hydrogens (primary N) is 1. The van der Waals surface area contributed by atoms with Crippen LogP contribution < -0.4 is 5.73 Å². The lowest BCUT2D eigenvalue weighted by atomic mass is 10.0. The highest BCUT2D eigenvalue weighted by molar-refractivity contribution is 9.10. The third kappa shape index (κ3) is 3.05. The molecule has 2 aromatic rings. The number of nitrogen functional groups attached to an aromatic ring is 1. The molecule has 2 rings (SSSR count). The van der Waals surface area contributed by atoms with E-state index in [4.69, 9.17) is 5.73 Å². The molecule has 1 atom stereocenters. The van der Waals surface area contributed by atoms with Gasteiger partial charge in [-0.05, 0) is 35.9 Å². The molecule has 5 heteroatoms. The second-order valence-electron chi connectivity index (χ2n) is 3.97. The molecular weight excluding hydrogens is 299 g/mol. The van der Waals surface area contributed by atoms with Crippen LogP contribution in [0.5, 0.6) is 0 Å². The number of anilines is 1. The van der Waals surface area contributed by atoms with Gasteiger partial charge in [-0.25, -0.2) is 9.37 Å². The fourth-order valence-corrected chi connectivity index (χ4v) is 2.10. The van der Waals surface area contributed by atoms with Gasteiger partial charge < -0.3 is 10.8 Å². The van der Waals surface area contributed by atoms with Crippen molar-refractivity contribution in [3.63, 3.8) is 0 Å². The lowest BCUT2D eigenvalue weighted by Gasteiger charge is -2.12. The van der Waals surface area contributed by atoms with Crippen molar-refractivity contribution in [3.8, 4) is 0 Å². The number of rotatable bonds is 3. The number of halogens is 2. The summed E-state index contributed by atoms with van der Waals surface area (Å²) in [4.78, 5) is 3.87. The standard InChI is InChI=1S/C13H12BrFN2O/c14-9-1-2-11(15)10(7-9)12(18)5-8-3-4-17-13(16)6-8/h1-4,6-7,12,18H,5H2,(H2,16,17). The molecule has 0 saturated carbocycles. The number of hydrogen-bond acceptors (Lipinski definition) is 3. The van der Waals surface area contributed by atoms with E-state index in [9.17, 15) is 9.50 Å². The molecule has 94 valence electrons. The van der Waals surface area contributed by atoms with Gasteiger partial charge in [0.05, 0.1) is 6.10 Å². The van der Waals surface area contributed by atoms with Crippen molar-refractivity contribution in [1.29, 1.82) is 0 Å². The second-order valence-corrected chi connectivity index (χ2v) is 4.89. The monoisotopic (exact) mass is 310 g/mol. The van der Waals surface area contributed by atoms with Crippen molar-refractivity contribution in [2.75, 3.05) is 5.73 Å². The number of aromatic nitrogens is 1. The molecule has 0 radical (unpaired) electrons. The van der Waals surface area contributed by atoms with E-state index in [1.807, 2.05) is 0 Å². The third-order valence-electron chi connectivity index (χ3n) is 2.59. The minimum absolute atomic E-state index is 0.264. The summed E-state index contributed by atoms with van der Waals surface area (Å²) in [5.74, 6) is -0.0397. The van der Waals surface area contributed by atoms with E-state index in [0.717, 1.165) is 10.0 Å². The average molecular weight is 311 g/mol. The van der Waals surface area contributed by atoms with E-state index in [-0.39, 0.29) is 5.56 Å². The van der Waals surface area contributed by atoms with E-state index in [1.54, 1.807) is 30.5 Å². The predicted molar refractivity (Wildman–Crippen MR) is 71.4 cm³/mol. The van der Waals surface area contributed by atoms with Gasteiger partial charge in [0.1, 0.15) is 11.6 Å². The van der Waals surface area contributed by atoms with Gasteiger partial charge in [-0.1, -0.05) is 15.9 Å². The van der Waals surface area contributed by atoms with E-state index < -0.39 is 11.9 Å². The summed E-state index contributed by atoms with van der Waals surface area (Å²) in [7, 11) is 0. The van der Waals surface area contributed by atoms with Gasteiger partial charge in [0.2, 0.25) is 0 Å². The number of hydrogen-bond donors (Lipinski definition) is 2. The Labute approximate surface area is 113 Å². The Bertz CT molecular complexity index is 562. The molecule has 3 nitrogen and oxygen atoms in total. The number of benzene rings is 1. The van der Waals surface area contributed by atoms with Crippen molar-refractivity contribution < 1.29 is 9.50 Å². The van der Waals surface area contributed by atoms with Gasteiger partial charge in [-0.2, -0.15) is 0 Å². The van der Waals surface area contributed by atoms with E-state index in [1.165, 1.54) is 6.07 Å². The first-order valence-electron chi connectivity index (χ1n) is 5.39. The maximum absolute atomic E-state index is 13.6. The summed E-state index contributed by atoms with van der Waals surface area (Å²) in [6, 6.07) is 7.90. The Hall–Kier alpha value is -1.46. The normalized spacial score (nSPS) is 12.4. The summed E-state index contributed by atoms with van der Waals surface area (Å²) in [6.45, 7) is 0. The highest BCUT2D eigenvalue weighted by atomic mass is 79.9. The molecule has 0 spiro atoms. The van der Waals surface area contributed by atoms with E-state index in [2.05, 4.69) is 20.9 Å². The van der Waals surface area contributed by atoms with Crippen LogP contribution in [0.1, 0.15) is 17.2 Å². The Morgan fingerprint density at radius 1 is 1.33 bits per heavy atom. The number of nitrogens with zero attached hydrogens (tertiary/aromatic N) is 1. The van der Waals surface area contributed by atoms with Crippen molar-refractivity contribution >= 4 is 21.7 Å². The molecule has 1 aromatic heterocycles. The zero-order valence-electron chi connectivity index (χ0n) is 9.48. The summed E-state index contributed by atoms with van der Waals surface area (Å²) < 4.78 is 14.3. The maximum Gasteiger partial charge on any atom is 0.129 e. The van der Waals surface area contributed by atoms with Crippen LogP contribution in [0.2, 0.25) is 0 Å². The Kier molecular flexibility index (Phi) is 3.93. The summed E-state index contributed by atoms with van der Waals surface area (Å²) in [6.07, 6.45) is 0.943. The first-order valence-corrected chi connectivity index (χ1v) is 6.19. The molecule has 0 aliphatic heterocycles. The zero-order chi connectivity index (χ0) is 13.1. The molecule has 1 aromatic carbocycles. The van der Waals surface area contributed by atoms with E-state index in [0.29, 0.717) is 12.2 Å². The van der Waals surface area contributed by atoms with Crippen LogP contribution in [0, 0.1) is 5.82 Å². The van der Waals surface area contributed by atoms with Crippen molar-refractivity contribution in [2.45, 2.75) is 12.5 Å². The van der Waals surface area contributed by atoms with Gasteiger partial charge >= 0.3 is 0 Å². The molecule has 1 heterocycles. The molecule has 0 bridgehead atoms. The third-order valence-corrected chi connectivity index (χ3v) is 3.08. The second kappa shape index (κ2) is 5.46. The zero-order valence-corrected chi connectivity index (χ0v) is 11.1. The minimum atomic E-state index is -0.913. The lowest BCUT2D eigenvalue weighted by molar-refractivity contribution is 0.173. The quantitative estimate of drug-likeness (QED) is 0.916. The van der Waals surface area contributed by atoms with Crippen molar-refractivity contribution in [3.05, 3.63) is 57.9 Å². The van der Waals surface area contributed by atoms with Gasteiger partial charge in [0.15, 0.2) is 0 Å². The summed E-state index contributed by atoms with van der Waals surface area (Å²) in [5, 5.41) is 10.0. The topological polar surface area (TPSA) is 59.1 Å². The fraction of sp³-hybridized carbons (Fsp3) is 0.154. The number of pyridine rings is 1. The van der Waals surface area contributed by atoms with Crippen LogP contribution in [0.4, 0.5) is 10.2 Å². The Morgan fingerprint density at radius 3 is 2.83 bits per heavy atom. The van der Waals surface area contributed by atoms with E-state index >= 15 is 0 Å². The van der Waals surface area contributed by atoms with Crippen molar-refractivity contribution in [1.82, 2.24) is 4.98 Å². The molecule has 0 saturated heterocycles. The Morgan fingerprint density at radius 2 is 2.11 bits per heavy atom. The predicted octanol–water partition coefficient (Wildman–Crippen LogP) is 2.84. The number of aliphatic hydroxyl groups is 1. The first-order chi connectivity index (χ1) is 8.56. The molecule has 3 N–H and O–H groups in total. The molecule has 18 heavy (non-hydrogen) atoms. The first kappa shape index (κ1) is 13.0. The van der Waals surface area contributed by atoms with Gasteiger partial charge in [0.25, 0.3) is 0 Å². The molecule has 1 unspecified atom stereocenters. The van der Waals surface area contributed by atoms with Crippen LogP contribution in [-0.2, 0) is 6.42 Å². The maximum atomic E-state index is 13.6. The van der Waals surface area contributed by atoms with Gasteiger partial charge in [-0.3, -0.25) is 0 Å². The lowest BCUT2D eigenvalue weighted by Crippen LogP contribution is -2.05. The summed E-state index contributed by atoms with van der Waals surface area (Å²) >= 11 is 3.25.